The van der Waals surface area contributed by atoms with Gasteiger partial charge in [-0.15, -0.1) is 0 Å². The first-order valence-corrected chi connectivity index (χ1v) is 0.907. The van der Waals surface area contributed by atoms with Crippen molar-refractivity contribution in [2.45, 2.75) is 0 Å². The normalized spacial score (nSPS) is 2.50. The first-order chi connectivity index (χ1) is 2.00. The molecule has 1 unspecified atom stereocenters. The fourth-order valence-electron chi connectivity index (χ4n) is 0. The SMILES string of the molecule is O=[PH2+].OO. The second-order valence-electron chi connectivity index (χ2n) is 0. The van der Waals surface area contributed by atoms with Gasteiger partial charge >= 0.3 is 9.12 Å². The van der Waals surface area contributed by atoms with Gasteiger partial charge in [-0.3, -0.25) is 10.5 Å². The smallest absolute Gasteiger partial charge is 0.255 e. The van der Waals surface area contributed by atoms with Crippen LogP contribution in [0.1, 0.15) is 0 Å². The molecule has 4 heavy (non-hydrogen) atoms. The predicted molar refractivity (Wildman–Crippen MR) is 15.7 cm³/mol. The lowest BCUT2D eigenvalue weighted by atomic mass is 15.0. The minimum absolute atomic E-state index is 1.17. The highest BCUT2D eigenvalue weighted by molar-refractivity contribution is 7.00. The van der Waals surface area contributed by atoms with Crippen molar-refractivity contribution in [2.75, 3.05) is 0 Å². The molecule has 26 valence electrons. The minimum Gasteiger partial charge on any atom is -0.255 e. The molecule has 0 aromatic carbocycles. The van der Waals surface area contributed by atoms with Gasteiger partial charge in [0.25, 0.3) is 0 Å². The topological polar surface area (TPSA) is 57.5 Å². The molecule has 0 aromatic heterocycles. The number of hydrogen-bond donors (Lipinski definition) is 2. The number of rotatable bonds is 0. The van der Waals surface area contributed by atoms with Crippen LogP contribution in [0.25, 0.3) is 0 Å². The molecule has 3 nitrogen and oxygen atoms in total. The maximum Gasteiger partial charge on any atom is 0.310 e. The highest BCUT2D eigenvalue weighted by Gasteiger charge is 0.849. The molecule has 0 saturated heterocycles. The Morgan fingerprint density at radius 3 is 1.25 bits per heavy atom. The lowest BCUT2D eigenvalue weighted by Gasteiger charge is -1.25. The van der Waals surface area contributed by atoms with Crippen LogP contribution >= 0.6 is 9.12 Å². The first-order valence-electron chi connectivity index (χ1n) is 0.436. The van der Waals surface area contributed by atoms with E-state index in [0.29, 0.717) is 0 Å². The molecule has 0 heterocycles. The average Bonchev–Trinajstić information content (AvgIpc) is 1.50. The number of hydrogen-bond acceptors (Lipinski definition) is 3. The maximum absolute atomic E-state index is 8.17. The van der Waals surface area contributed by atoms with Gasteiger partial charge in [0.05, 0.1) is 0 Å². The zero-order valence-electron chi connectivity index (χ0n) is 1.88. The summed E-state index contributed by atoms with van der Waals surface area (Å²) in [5.74, 6) is 0. The van der Waals surface area contributed by atoms with Crippen LogP contribution in [0, 0.1) is 0 Å². The molecule has 0 amide bonds. The van der Waals surface area contributed by atoms with E-state index >= 15 is 0 Å². The summed E-state index contributed by atoms with van der Waals surface area (Å²) in [4.78, 5) is 0. The molecule has 0 aliphatic carbocycles. The van der Waals surface area contributed by atoms with Gasteiger partial charge in [-0.1, -0.05) is 4.57 Å². The van der Waals surface area contributed by atoms with Crippen LogP contribution in [-0.4, -0.2) is 10.5 Å². The highest BCUT2D eigenvalue weighted by Crippen LogP contribution is 1.23. The van der Waals surface area contributed by atoms with Crippen LogP contribution in [0.2, 0.25) is 0 Å². The largest absolute Gasteiger partial charge is 0.310 e. The zero-order valence-corrected chi connectivity index (χ0v) is 3.03. The molecule has 0 radical (unpaired) electrons. The lowest BCUT2D eigenvalue weighted by Crippen LogP contribution is -1.29. The van der Waals surface area contributed by atoms with Gasteiger partial charge < -0.3 is 0 Å². The van der Waals surface area contributed by atoms with Gasteiger partial charge in [-0.25, -0.2) is 0 Å². The van der Waals surface area contributed by atoms with Crippen molar-refractivity contribution in [3.05, 3.63) is 0 Å². The lowest BCUT2D eigenvalue weighted by molar-refractivity contribution is -0.176. The summed E-state index contributed by atoms with van der Waals surface area (Å²) in [7, 11) is 1.17. The first kappa shape index (κ1) is 8.99. The predicted octanol–water partition coefficient (Wildman–Crippen LogP) is 0.224. The summed E-state index contributed by atoms with van der Waals surface area (Å²) >= 11 is 0. The molecule has 0 rings (SSSR count). The second kappa shape index (κ2) is 30800. The standard InChI is InChI=1S/H2O2.H2OP/c2*1-2/h1-2H;2H2/q;+1. The van der Waals surface area contributed by atoms with Crippen LogP contribution in [0.15, 0.2) is 0 Å². The molecule has 0 aromatic rings. The highest BCUT2D eigenvalue weighted by atomic mass is 31.0. The average molecular weight is 83.0 g/mol. The fourth-order valence-corrected chi connectivity index (χ4v) is 0. The Morgan fingerprint density at radius 1 is 1.25 bits per heavy atom. The summed E-state index contributed by atoms with van der Waals surface area (Å²) in [5, 5.41) is 12.0. The minimum atomic E-state index is 1.17. The molecule has 0 aliphatic rings. The third kappa shape index (κ3) is 5250. The van der Waals surface area contributed by atoms with Crippen LogP contribution in [-0.2, 0) is 4.57 Å². The Hall–Kier alpha value is 0.0200. The van der Waals surface area contributed by atoms with Crippen molar-refractivity contribution in [1.82, 2.24) is 0 Å². The second-order valence-corrected chi connectivity index (χ2v) is 0. The van der Waals surface area contributed by atoms with Gasteiger partial charge in [0.15, 0.2) is 0 Å². The monoisotopic (exact) mass is 83.0 g/mol. The molecule has 2 N–H and O–H groups in total. The van der Waals surface area contributed by atoms with E-state index in [9.17, 15) is 0 Å². The van der Waals surface area contributed by atoms with Crippen molar-refractivity contribution in [3.63, 3.8) is 0 Å². The van der Waals surface area contributed by atoms with Gasteiger partial charge in [0.1, 0.15) is 0 Å². The molecule has 0 bridgehead atoms. The van der Waals surface area contributed by atoms with Gasteiger partial charge in [-0.2, -0.15) is 0 Å². The van der Waals surface area contributed by atoms with E-state index in [4.69, 9.17) is 15.1 Å². The summed E-state index contributed by atoms with van der Waals surface area (Å²) in [6.07, 6.45) is 0. The molecule has 0 fully saturated rings. The van der Waals surface area contributed by atoms with E-state index in [1.165, 1.54) is 9.12 Å². The Morgan fingerprint density at radius 2 is 1.25 bits per heavy atom. The summed E-state index contributed by atoms with van der Waals surface area (Å²) in [5.41, 5.74) is 0. The van der Waals surface area contributed by atoms with E-state index in [0.717, 1.165) is 0 Å². The van der Waals surface area contributed by atoms with E-state index < -0.39 is 0 Å². The van der Waals surface area contributed by atoms with E-state index in [-0.39, 0.29) is 0 Å². The molecular formula is H4O3P+. The third-order valence-electron chi connectivity index (χ3n) is 0. The quantitative estimate of drug-likeness (QED) is 0.250. The molecular weight excluding hydrogens is 79.0 g/mol. The van der Waals surface area contributed by atoms with Crippen molar-refractivity contribution in [1.29, 1.82) is 0 Å². The maximum atomic E-state index is 8.17. The Bertz CT molecular complexity index is 3.25. The summed E-state index contributed by atoms with van der Waals surface area (Å²) < 4.78 is 8.17. The molecule has 4 heteroatoms. The van der Waals surface area contributed by atoms with E-state index in [1.807, 2.05) is 0 Å². The van der Waals surface area contributed by atoms with Crippen molar-refractivity contribution in [2.24, 2.45) is 0 Å². The van der Waals surface area contributed by atoms with Crippen LogP contribution < -0.4 is 0 Å². The van der Waals surface area contributed by atoms with Crippen LogP contribution in [0.5, 0.6) is 0 Å². The van der Waals surface area contributed by atoms with Gasteiger partial charge in [0.2, 0.25) is 0 Å². The van der Waals surface area contributed by atoms with Crippen molar-refractivity contribution < 1.29 is 15.1 Å². The molecule has 0 saturated carbocycles. The van der Waals surface area contributed by atoms with E-state index in [2.05, 4.69) is 0 Å². The molecule has 1 atom stereocenters. The molecule has 0 aliphatic heterocycles. The molecule has 0 spiro atoms. The van der Waals surface area contributed by atoms with Gasteiger partial charge in [0, 0.05) is 0 Å². The van der Waals surface area contributed by atoms with Crippen LogP contribution in [0.4, 0.5) is 0 Å². The Labute approximate surface area is 25.4 Å². The van der Waals surface area contributed by atoms with Crippen LogP contribution in [0.3, 0.4) is 0 Å². The van der Waals surface area contributed by atoms with Crippen molar-refractivity contribution in [3.8, 4) is 0 Å². The van der Waals surface area contributed by atoms with E-state index in [1.54, 1.807) is 0 Å². The Balaban J connectivity index is 0. The Kier molecular flexibility index (Phi) is 69200. The third-order valence-corrected chi connectivity index (χ3v) is 0. The fraction of sp³-hybridized carbons (Fsp3) is 0. The summed E-state index contributed by atoms with van der Waals surface area (Å²) in [6, 6.07) is 0. The van der Waals surface area contributed by atoms with Gasteiger partial charge in [-0.05, 0) is 0 Å². The van der Waals surface area contributed by atoms with Crippen molar-refractivity contribution >= 4 is 9.12 Å². The summed E-state index contributed by atoms with van der Waals surface area (Å²) in [6.45, 7) is 0. The zero-order chi connectivity index (χ0) is 4.00.